The highest BCUT2D eigenvalue weighted by Gasteiger charge is 2.26. The molecule has 0 saturated carbocycles. The fourth-order valence-corrected chi connectivity index (χ4v) is 3.99. The number of piperazine rings is 1. The summed E-state index contributed by atoms with van der Waals surface area (Å²) in [5, 5.41) is 10.4. The van der Waals surface area contributed by atoms with Crippen molar-refractivity contribution in [2.75, 3.05) is 31.1 Å². The van der Waals surface area contributed by atoms with Crippen LogP contribution in [0.4, 0.5) is 10.2 Å². The molecule has 3 aromatic rings. The number of fused-ring (bicyclic) bond motifs is 1. The minimum absolute atomic E-state index is 0.188. The molecular weight excluding hydrogens is 385 g/mol. The first-order valence-corrected chi connectivity index (χ1v) is 9.83. The second kappa shape index (κ2) is 8.10. The number of pyridine rings is 1. The van der Waals surface area contributed by atoms with Crippen molar-refractivity contribution >= 4 is 28.5 Å². The number of hydrogen-bond acceptors (Lipinski definition) is 4. The molecule has 2 heterocycles. The van der Waals surface area contributed by atoms with E-state index >= 15 is 0 Å². The largest absolute Gasteiger partial charge is 0.481 e. The Morgan fingerprint density at radius 2 is 1.87 bits per heavy atom. The van der Waals surface area contributed by atoms with E-state index in [0.717, 1.165) is 5.82 Å². The monoisotopic (exact) mass is 407 g/mol. The number of halogens is 1. The molecule has 7 heteroatoms. The van der Waals surface area contributed by atoms with Crippen LogP contribution in [-0.2, 0) is 11.2 Å². The maximum absolute atomic E-state index is 14.0. The molecule has 0 aliphatic carbocycles. The van der Waals surface area contributed by atoms with Gasteiger partial charge >= 0.3 is 5.97 Å². The molecule has 2 aromatic carbocycles. The number of amides is 1. The minimum Gasteiger partial charge on any atom is -0.481 e. The van der Waals surface area contributed by atoms with Crippen LogP contribution in [-0.4, -0.2) is 53.0 Å². The number of carboxylic acids is 1. The third-order valence-corrected chi connectivity index (χ3v) is 5.57. The van der Waals surface area contributed by atoms with E-state index in [1.165, 1.54) is 12.1 Å². The predicted octanol–water partition coefficient (Wildman–Crippen LogP) is 3.27. The van der Waals surface area contributed by atoms with Gasteiger partial charge in [-0.15, -0.1) is 0 Å². The summed E-state index contributed by atoms with van der Waals surface area (Å²) in [6.07, 6.45) is 1.55. The summed E-state index contributed by atoms with van der Waals surface area (Å²) in [5.74, 6) is -0.725. The van der Waals surface area contributed by atoms with Gasteiger partial charge < -0.3 is 14.9 Å². The van der Waals surface area contributed by atoms with E-state index in [-0.39, 0.29) is 12.3 Å². The Bertz CT molecular complexity index is 1110. The molecule has 1 saturated heterocycles. The maximum Gasteiger partial charge on any atom is 0.307 e. The van der Waals surface area contributed by atoms with Gasteiger partial charge in [0.1, 0.15) is 11.6 Å². The zero-order valence-corrected chi connectivity index (χ0v) is 16.6. The number of anilines is 1. The van der Waals surface area contributed by atoms with E-state index in [1.54, 1.807) is 30.2 Å². The van der Waals surface area contributed by atoms with Crippen molar-refractivity contribution in [3.05, 3.63) is 71.2 Å². The van der Waals surface area contributed by atoms with Crippen LogP contribution >= 0.6 is 0 Å². The summed E-state index contributed by atoms with van der Waals surface area (Å²) >= 11 is 0. The molecule has 1 fully saturated rings. The lowest BCUT2D eigenvalue weighted by Crippen LogP contribution is -2.49. The molecule has 4 rings (SSSR count). The molecule has 0 atom stereocenters. The average molecular weight is 407 g/mol. The number of nitrogens with zero attached hydrogens (tertiary/aromatic N) is 3. The Morgan fingerprint density at radius 1 is 1.10 bits per heavy atom. The first-order valence-electron chi connectivity index (χ1n) is 9.83. The lowest BCUT2D eigenvalue weighted by atomic mass is 9.92. The molecule has 1 aliphatic heterocycles. The van der Waals surface area contributed by atoms with Crippen LogP contribution in [0, 0.1) is 12.7 Å². The van der Waals surface area contributed by atoms with E-state index in [4.69, 9.17) is 0 Å². The highest BCUT2D eigenvalue weighted by atomic mass is 19.1. The number of carbonyl (C=O) groups is 2. The van der Waals surface area contributed by atoms with Gasteiger partial charge in [0.2, 0.25) is 0 Å². The fourth-order valence-electron chi connectivity index (χ4n) is 3.99. The summed E-state index contributed by atoms with van der Waals surface area (Å²) in [4.78, 5) is 33.0. The quantitative estimate of drug-likeness (QED) is 0.719. The zero-order valence-electron chi connectivity index (χ0n) is 16.6. The smallest absolute Gasteiger partial charge is 0.307 e. The lowest BCUT2D eigenvalue weighted by molar-refractivity contribution is -0.136. The molecule has 1 aliphatic rings. The van der Waals surface area contributed by atoms with Crippen LogP contribution in [0.25, 0.3) is 10.8 Å². The topological polar surface area (TPSA) is 73.7 Å². The van der Waals surface area contributed by atoms with Crippen molar-refractivity contribution in [2.45, 2.75) is 13.3 Å². The predicted molar refractivity (Wildman–Crippen MR) is 112 cm³/mol. The van der Waals surface area contributed by atoms with Crippen LogP contribution in [0.5, 0.6) is 0 Å². The molecule has 1 aromatic heterocycles. The van der Waals surface area contributed by atoms with Crippen molar-refractivity contribution in [2.24, 2.45) is 0 Å². The number of aromatic nitrogens is 1. The molecule has 0 bridgehead atoms. The molecule has 30 heavy (non-hydrogen) atoms. The van der Waals surface area contributed by atoms with Crippen molar-refractivity contribution in [1.82, 2.24) is 9.88 Å². The molecule has 6 nitrogen and oxygen atoms in total. The Kier molecular flexibility index (Phi) is 5.35. The lowest BCUT2D eigenvalue weighted by Gasteiger charge is -2.36. The van der Waals surface area contributed by atoms with Crippen molar-refractivity contribution in [3.8, 4) is 0 Å². The first-order chi connectivity index (χ1) is 14.4. The van der Waals surface area contributed by atoms with Crippen molar-refractivity contribution < 1.29 is 19.1 Å². The molecule has 1 amide bonds. The van der Waals surface area contributed by atoms with Gasteiger partial charge in [0.05, 0.1) is 12.0 Å². The van der Waals surface area contributed by atoms with Gasteiger partial charge in [-0.1, -0.05) is 18.2 Å². The van der Waals surface area contributed by atoms with Crippen LogP contribution in [0.3, 0.4) is 0 Å². The normalized spacial score (nSPS) is 14.2. The molecule has 0 unspecified atom stereocenters. The first kappa shape index (κ1) is 19.8. The van der Waals surface area contributed by atoms with Gasteiger partial charge in [-0.3, -0.25) is 9.59 Å². The van der Waals surface area contributed by atoms with Gasteiger partial charge in [0.25, 0.3) is 5.91 Å². The molecular formula is C23H22FN3O3. The highest BCUT2D eigenvalue weighted by molar-refractivity contribution is 6.09. The Morgan fingerprint density at radius 3 is 2.53 bits per heavy atom. The summed E-state index contributed by atoms with van der Waals surface area (Å²) in [6.45, 7) is 4.04. The average Bonchev–Trinajstić information content (AvgIpc) is 2.75. The van der Waals surface area contributed by atoms with Crippen LogP contribution in [0.1, 0.15) is 21.5 Å². The van der Waals surface area contributed by atoms with Crippen molar-refractivity contribution in [3.63, 3.8) is 0 Å². The van der Waals surface area contributed by atoms with Gasteiger partial charge in [0.15, 0.2) is 0 Å². The second-order valence-corrected chi connectivity index (χ2v) is 7.44. The van der Waals surface area contributed by atoms with E-state index in [1.807, 2.05) is 18.2 Å². The number of benzene rings is 2. The van der Waals surface area contributed by atoms with Gasteiger partial charge in [-0.05, 0) is 53.1 Å². The Balaban J connectivity index is 1.66. The highest BCUT2D eigenvalue weighted by Crippen LogP contribution is 2.29. The Labute approximate surface area is 173 Å². The number of carboxylic acid groups (broad SMARTS) is 1. The standard InChI is InChI=1S/C23H22FN3O3/c1-15-17(13-21(28)29)12-16-5-6-18(24)14-19(16)22(15)23(30)27-10-8-26(9-11-27)20-4-2-3-7-25-20/h2-7,12,14H,8-11,13H2,1H3,(H,28,29). The van der Waals surface area contributed by atoms with E-state index in [9.17, 15) is 19.1 Å². The Hall–Kier alpha value is -3.48. The minimum atomic E-state index is -0.970. The molecule has 1 N–H and O–H groups in total. The maximum atomic E-state index is 14.0. The van der Waals surface area contributed by atoms with E-state index in [0.29, 0.717) is 53.6 Å². The third kappa shape index (κ3) is 3.83. The third-order valence-electron chi connectivity index (χ3n) is 5.57. The fraction of sp³-hybridized carbons (Fsp3) is 0.261. The molecule has 0 spiro atoms. The number of aliphatic carboxylic acids is 1. The van der Waals surface area contributed by atoms with E-state index in [2.05, 4.69) is 9.88 Å². The van der Waals surface area contributed by atoms with Gasteiger partial charge in [-0.2, -0.15) is 0 Å². The number of carbonyl (C=O) groups excluding carboxylic acids is 1. The summed E-state index contributed by atoms with van der Waals surface area (Å²) in [6, 6.07) is 11.7. The number of rotatable bonds is 4. The van der Waals surface area contributed by atoms with Crippen molar-refractivity contribution in [1.29, 1.82) is 0 Å². The molecule has 0 radical (unpaired) electrons. The van der Waals surface area contributed by atoms with Crippen LogP contribution in [0.15, 0.2) is 48.7 Å². The zero-order chi connectivity index (χ0) is 21.3. The van der Waals surface area contributed by atoms with Crippen LogP contribution in [0.2, 0.25) is 0 Å². The van der Waals surface area contributed by atoms with E-state index < -0.39 is 11.8 Å². The summed E-state index contributed by atoms with van der Waals surface area (Å²) in [5.41, 5.74) is 1.54. The summed E-state index contributed by atoms with van der Waals surface area (Å²) in [7, 11) is 0. The molecule has 154 valence electrons. The SMILES string of the molecule is Cc1c(CC(=O)O)cc2ccc(F)cc2c1C(=O)N1CCN(c2ccccn2)CC1. The van der Waals surface area contributed by atoms with Gasteiger partial charge in [0, 0.05) is 32.4 Å². The second-order valence-electron chi connectivity index (χ2n) is 7.44. The van der Waals surface area contributed by atoms with Gasteiger partial charge in [-0.25, -0.2) is 9.37 Å². The van der Waals surface area contributed by atoms with Crippen LogP contribution < -0.4 is 4.90 Å². The summed E-state index contributed by atoms with van der Waals surface area (Å²) < 4.78 is 14.0. The number of hydrogen-bond donors (Lipinski definition) is 1.